The molecule has 0 fully saturated rings. The van der Waals surface area contributed by atoms with E-state index in [0.717, 1.165) is 23.7 Å². The Morgan fingerprint density at radius 1 is 1.12 bits per heavy atom. The van der Waals surface area contributed by atoms with Crippen molar-refractivity contribution in [1.82, 2.24) is 5.32 Å². The predicted molar refractivity (Wildman–Crippen MR) is 69.5 cm³/mol. The quantitative estimate of drug-likeness (QED) is 0.550. The minimum atomic E-state index is -0.159. The van der Waals surface area contributed by atoms with Crippen molar-refractivity contribution in [3.63, 3.8) is 0 Å². The summed E-state index contributed by atoms with van der Waals surface area (Å²) in [6, 6.07) is 6.72. The number of hydrogen-bond donors (Lipinski definition) is 1. The molecule has 0 saturated heterocycles. The van der Waals surface area contributed by atoms with Crippen LogP contribution in [0.1, 0.15) is 26.2 Å². The molecule has 0 aliphatic rings. The lowest BCUT2D eigenvalue weighted by Gasteiger charge is -2.03. The van der Waals surface area contributed by atoms with Gasteiger partial charge in [-0.25, -0.2) is 4.39 Å². The normalized spacial score (nSPS) is 10.6. The Morgan fingerprint density at radius 3 is 2.56 bits per heavy atom. The zero-order valence-corrected chi connectivity index (χ0v) is 10.7. The topological polar surface area (TPSA) is 12.0 Å². The lowest BCUT2D eigenvalue weighted by Crippen LogP contribution is -2.15. The Balaban J connectivity index is 2.01. The fourth-order valence-electron chi connectivity index (χ4n) is 1.37. The Labute approximate surface area is 102 Å². The molecule has 0 bridgehead atoms. The molecule has 16 heavy (non-hydrogen) atoms. The maximum absolute atomic E-state index is 12.6. The molecule has 90 valence electrons. The van der Waals surface area contributed by atoms with Crippen LogP contribution in [-0.4, -0.2) is 18.8 Å². The second-order valence-corrected chi connectivity index (χ2v) is 4.93. The fourth-order valence-corrected chi connectivity index (χ4v) is 2.29. The molecule has 0 atom stereocenters. The lowest BCUT2D eigenvalue weighted by molar-refractivity contribution is 0.626. The maximum Gasteiger partial charge on any atom is 0.123 e. The molecule has 0 aliphatic heterocycles. The molecule has 0 spiro atoms. The summed E-state index contributed by atoms with van der Waals surface area (Å²) in [6.07, 6.45) is 3.62. The predicted octanol–water partition coefficient (Wildman–Crippen LogP) is 3.70. The first-order valence-corrected chi connectivity index (χ1v) is 6.90. The SMILES string of the molecule is CCCNCCCCSc1ccc(F)cc1. The maximum atomic E-state index is 12.6. The molecular weight excluding hydrogens is 221 g/mol. The molecule has 1 rings (SSSR count). The number of unbranched alkanes of at least 4 members (excludes halogenated alkanes) is 1. The highest BCUT2D eigenvalue weighted by Crippen LogP contribution is 2.19. The van der Waals surface area contributed by atoms with Crippen LogP contribution in [0.2, 0.25) is 0 Å². The molecule has 1 N–H and O–H groups in total. The lowest BCUT2D eigenvalue weighted by atomic mass is 10.3. The highest BCUT2D eigenvalue weighted by atomic mass is 32.2. The van der Waals surface area contributed by atoms with Crippen molar-refractivity contribution in [2.75, 3.05) is 18.8 Å². The molecule has 0 unspecified atom stereocenters. The number of hydrogen-bond acceptors (Lipinski definition) is 2. The summed E-state index contributed by atoms with van der Waals surface area (Å²) in [6.45, 7) is 4.40. The van der Waals surface area contributed by atoms with Crippen LogP contribution in [0.3, 0.4) is 0 Å². The highest BCUT2D eigenvalue weighted by molar-refractivity contribution is 7.99. The van der Waals surface area contributed by atoms with Gasteiger partial charge in [0.2, 0.25) is 0 Å². The largest absolute Gasteiger partial charge is 0.317 e. The summed E-state index contributed by atoms with van der Waals surface area (Å²) >= 11 is 1.80. The van der Waals surface area contributed by atoms with E-state index < -0.39 is 0 Å². The molecule has 1 aromatic rings. The monoisotopic (exact) mass is 241 g/mol. The highest BCUT2D eigenvalue weighted by Gasteiger charge is 1.95. The van der Waals surface area contributed by atoms with E-state index in [-0.39, 0.29) is 5.82 Å². The number of nitrogens with one attached hydrogen (secondary N) is 1. The van der Waals surface area contributed by atoms with Crippen LogP contribution in [0.5, 0.6) is 0 Å². The number of benzene rings is 1. The second kappa shape index (κ2) is 8.59. The van der Waals surface area contributed by atoms with Gasteiger partial charge in [-0.05, 0) is 62.4 Å². The van der Waals surface area contributed by atoms with Gasteiger partial charge in [0.05, 0.1) is 0 Å². The van der Waals surface area contributed by atoms with Crippen molar-refractivity contribution in [1.29, 1.82) is 0 Å². The van der Waals surface area contributed by atoms with E-state index >= 15 is 0 Å². The van der Waals surface area contributed by atoms with E-state index in [2.05, 4.69) is 12.2 Å². The van der Waals surface area contributed by atoms with Gasteiger partial charge < -0.3 is 5.32 Å². The van der Waals surface area contributed by atoms with Gasteiger partial charge in [-0.15, -0.1) is 11.8 Å². The van der Waals surface area contributed by atoms with Crippen LogP contribution in [0.25, 0.3) is 0 Å². The number of halogens is 1. The van der Waals surface area contributed by atoms with Gasteiger partial charge in [-0.2, -0.15) is 0 Å². The Kier molecular flexibility index (Phi) is 7.26. The van der Waals surface area contributed by atoms with Gasteiger partial charge in [-0.1, -0.05) is 6.92 Å². The Bertz CT molecular complexity index is 274. The van der Waals surface area contributed by atoms with Crippen molar-refractivity contribution in [3.8, 4) is 0 Å². The molecule has 1 nitrogen and oxygen atoms in total. The third-order valence-corrected chi connectivity index (χ3v) is 3.36. The van der Waals surface area contributed by atoms with Crippen LogP contribution in [0, 0.1) is 5.82 Å². The molecule has 0 saturated carbocycles. The minimum Gasteiger partial charge on any atom is -0.317 e. The molecule has 0 amide bonds. The van der Waals surface area contributed by atoms with Crippen LogP contribution in [-0.2, 0) is 0 Å². The summed E-state index contributed by atoms with van der Waals surface area (Å²) in [7, 11) is 0. The van der Waals surface area contributed by atoms with E-state index in [4.69, 9.17) is 0 Å². The summed E-state index contributed by atoms with van der Waals surface area (Å²) < 4.78 is 12.6. The second-order valence-electron chi connectivity index (χ2n) is 3.76. The standard InChI is InChI=1S/C13H20FNS/c1-2-9-15-10-3-4-11-16-13-7-5-12(14)6-8-13/h5-8,15H,2-4,9-11H2,1H3. The van der Waals surface area contributed by atoms with Crippen molar-refractivity contribution >= 4 is 11.8 Å². The fraction of sp³-hybridized carbons (Fsp3) is 0.538. The van der Waals surface area contributed by atoms with Gasteiger partial charge in [0, 0.05) is 4.90 Å². The van der Waals surface area contributed by atoms with E-state index in [9.17, 15) is 4.39 Å². The molecule has 0 radical (unpaired) electrons. The van der Waals surface area contributed by atoms with E-state index in [1.165, 1.54) is 31.4 Å². The van der Waals surface area contributed by atoms with E-state index in [0.29, 0.717) is 0 Å². The average Bonchev–Trinajstić information content (AvgIpc) is 2.30. The molecule has 0 aliphatic carbocycles. The summed E-state index contributed by atoms with van der Waals surface area (Å²) in [5.41, 5.74) is 0. The molecule has 3 heteroatoms. The first kappa shape index (κ1) is 13.5. The van der Waals surface area contributed by atoms with Gasteiger partial charge in [0.15, 0.2) is 0 Å². The van der Waals surface area contributed by atoms with E-state index in [1.54, 1.807) is 11.8 Å². The van der Waals surface area contributed by atoms with Crippen molar-refractivity contribution in [3.05, 3.63) is 30.1 Å². The van der Waals surface area contributed by atoms with Crippen LogP contribution in [0.15, 0.2) is 29.2 Å². The van der Waals surface area contributed by atoms with Gasteiger partial charge in [-0.3, -0.25) is 0 Å². The van der Waals surface area contributed by atoms with Crippen molar-refractivity contribution in [2.24, 2.45) is 0 Å². The van der Waals surface area contributed by atoms with Crippen LogP contribution in [0.4, 0.5) is 4.39 Å². The number of rotatable bonds is 8. The summed E-state index contributed by atoms with van der Waals surface area (Å²) in [5, 5.41) is 3.38. The first-order valence-electron chi connectivity index (χ1n) is 5.92. The minimum absolute atomic E-state index is 0.159. The van der Waals surface area contributed by atoms with Gasteiger partial charge in [0.25, 0.3) is 0 Å². The molecular formula is C13H20FNS. The first-order chi connectivity index (χ1) is 7.83. The van der Waals surface area contributed by atoms with Crippen LogP contribution >= 0.6 is 11.8 Å². The molecule has 1 aromatic carbocycles. The molecule has 0 aromatic heterocycles. The molecule has 0 heterocycles. The van der Waals surface area contributed by atoms with Crippen molar-refractivity contribution < 1.29 is 4.39 Å². The summed E-state index contributed by atoms with van der Waals surface area (Å²) in [5.74, 6) is 0.951. The van der Waals surface area contributed by atoms with Crippen LogP contribution < -0.4 is 5.32 Å². The Hall–Kier alpha value is -0.540. The van der Waals surface area contributed by atoms with Gasteiger partial charge >= 0.3 is 0 Å². The number of thioether (sulfide) groups is 1. The Morgan fingerprint density at radius 2 is 1.88 bits per heavy atom. The van der Waals surface area contributed by atoms with Gasteiger partial charge in [0.1, 0.15) is 5.82 Å². The third-order valence-electron chi connectivity index (χ3n) is 2.26. The zero-order valence-electron chi connectivity index (χ0n) is 9.84. The average molecular weight is 241 g/mol. The smallest absolute Gasteiger partial charge is 0.123 e. The van der Waals surface area contributed by atoms with E-state index in [1.807, 2.05) is 12.1 Å². The van der Waals surface area contributed by atoms with Crippen molar-refractivity contribution in [2.45, 2.75) is 31.1 Å². The third kappa shape index (κ3) is 6.13. The zero-order chi connectivity index (χ0) is 11.6. The summed E-state index contributed by atoms with van der Waals surface area (Å²) in [4.78, 5) is 1.16.